The predicted molar refractivity (Wildman–Crippen MR) is 147 cm³/mol. The highest BCUT2D eigenvalue weighted by molar-refractivity contribution is 5.96. The van der Waals surface area contributed by atoms with E-state index in [9.17, 15) is 14.7 Å². The molecule has 4 heterocycles. The number of aromatic nitrogens is 3. The van der Waals surface area contributed by atoms with E-state index in [0.717, 1.165) is 46.1 Å². The quantitative estimate of drug-likeness (QED) is 0.377. The van der Waals surface area contributed by atoms with Crippen LogP contribution in [0.4, 0.5) is 0 Å². The third-order valence-electron chi connectivity index (χ3n) is 7.78. The van der Waals surface area contributed by atoms with Gasteiger partial charge in [0, 0.05) is 36.7 Å². The van der Waals surface area contributed by atoms with Crippen molar-refractivity contribution >= 4 is 22.9 Å². The molecule has 0 fully saturated rings. The topological polar surface area (TPSA) is 97.5 Å². The molecule has 0 radical (unpaired) electrons. The molecule has 1 amide bonds. The molecule has 0 saturated heterocycles. The van der Waals surface area contributed by atoms with Crippen LogP contribution in [-0.4, -0.2) is 50.0 Å². The number of aliphatic carboxylic acids is 1. The van der Waals surface area contributed by atoms with Crippen molar-refractivity contribution in [3.63, 3.8) is 0 Å². The molecular formula is C31H30N4O4. The van der Waals surface area contributed by atoms with Crippen molar-refractivity contribution in [1.82, 2.24) is 19.9 Å². The van der Waals surface area contributed by atoms with Gasteiger partial charge in [-0.15, -0.1) is 5.10 Å². The standard InChI is InChI=1S/C31H30N4O4/c1-20-25-6-5-7-29(20)39-15-4-2-3-13-35-28-11-10-23(17-27(28)32-33-35)26(18-30(36)37)22-9-8-21-12-14-34(31(25)38)19-24(21)16-22/h2,4-11,16-17,26H,3,12-15,18-19H2,1H3,(H,36,37)/b4-2+. The molecule has 3 aromatic carbocycles. The number of fused-ring (bicyclic) bond motifs is 5. The van der Waals surface area contributed by atoms with Crippen molar-refractivity contribution in [1.29, 1.82) is 0 Å². The Kier molecular flexibility index (Phi) is 6.60. The van der Waals surface area contributed by atoms with Gasteiger partial charge in [-0.1, -0.05) is 47.7 Å². The lowest BCUT2D eigenvalue weighted by molar-refractivity contribution is -0.137. The van der Waals surface area contributed by atoms with Gasteiger partial charge in [-0.05, 0) is 66.3 Å². The van der Waals surface area contributed by atoms with Crippen LogP contribution >= 0.6 is 0 Å². The van der Waals surface area contributed by atoms with Gasteiger partial charge in [0.2, 0.25) is 0 Å². The molecule has 0 saturated carbocycles. The van der Waals surface area contributed by atoms with Gasteiger partial charge in [0.05, 0.1) is 11.9 Å². The highest BCUT2D eigenvalue weighted by atomic mass is 16.5. The minimum Gasteiger partial charge on any atom is -0.489 e. The van der Waals surface area contributed by atoms with Gasteiger partial charge in [-0.25, -0.2) is 4.68 Å². The summed E-state index contributed by atoms with van der Waals surface area (Å²) in [4.78, 5) is 27.4. The molecular weight excluding hydrogens is 492 g/mol. The van der Waals surface area contributed by atoms with Gasteiger partial charge in [-0.3, -0.25) is 9.59 Å². The van der Waals surface area contributed by atoms with E-state index in [-0.39, 0.29) is 18.2 Å². The second-order valence-corrected chi connectivity index (χ2v) is 10.2. The van der Waals surface area contributed by atoms with Crippen LogP contribution in [0, 0.1) is 6.92 Å². The van der Waals surface area contributed by atoms with E-state index >= 15 is 0 Å². The molecule has 198 valence electrons. The first-order chi connectivity index (χ1) is 19.0. The van der Waals surface area contributed by atoms with Gasteiger partial charge >= 0.3 is 5.97 Å². The molecule has 0 aliphatic carbocycles. The summed E-state index contributed by atoms with van der Waals surface area (Å²) in [6.45, 7) is 4.10. The fourth-order valence-corrected chi connectivity index (χ4v) is 5.63. The summed E-state index contributed by atoms with van der Waals surface area (Å²) in [5.74, 6) is -0.537. The first-order valence-corrected chi connectivity index (χ1v) is 13.3. The lowest BCUT2D eigenvalue weighted by Gasteiger charge is -2.30. The maximum absolute atomic E-state index is 13.6. The van der Waals surface area contributed by atoms with Gasteiger partial charge < -0.3 is 14.7 Å². The molecule has 7 rings (SSSR count). The molecule has 9 bridgehead atoms. The molecule has 8 heteroatoms. The summed E-state index contributed by atoms with van der Waals surface area (Å²) in [6, 6.07) is 17.7. The van der Waals surface area contributed by atoms with Crippen molar-refractivity contribution in [2.24, 2.45) is 0 Å². The number of carbonyl (C=O) groups excluding carboxylic acids is 1. The van der Waals surface area contributed by atoms with E-state index in [1.54, 1.807) is 0 Å². The number of rotatable bonds is 2. The molecule has 1 unspecified atom stereocenters. The molecule has 1 aromatic heterocycles. The number of carbonyl (C=O) groups is 2. The number of amides is 1. The van der Waals surface area contributed by atoms with Crippen LogP contribution in [0.1, 0.15) is 56.9 Å². The third kappa shape index (κ3) is 4.90. The number of carboxylic acid groups (broad SMARTS) is 1. The van der Waals surface area contributed by atoms with Gasteiger partial charge in [0.15, 0.2) is 0 Å². The average molecular weight is 523 g/mol. The summed E-state index contributed by atoms with van der Waals surface area (Å²) in [6.07, 6.45) is 5.49. The highest BCUT2D eigenvalue weighted by Crippen LogP contribution is 2.33. The number of nitrogens with zero attached hydrogens (tertiary/aromatic N) is 4. The van der Waals surface area contributed by atoms with Crippen molar-refractivity contribution in [2.75, 3.05) is 13.2 Å². The third-order valence-corrected chi connectivity index (χ3v) is 7.78. The lowest BCUT2D eigenvalue weighted by Crippen LogP contribution is -2.36. The summed E-state index contributed by atoms with van der Waals surface area (Å²) < 4.78 is 7.87. The van der Waals surface area contributed by atoms with E-state index in [4.69, 9.17) is 4.74 Å². The fourth-order valence-electron chi connectivity index (χ4n) is 5.63. The number of hydrogen-bond donors (Lipinski definition) is 1. The van der Waals surface area contributed by atoms with E-state index in [1.165, 1.54) is 5.56 Å². The number of carboxylic acids is 1. The van der Waals surface area contributed by atoms with Crippen LogP contribution in [-0.2, 0) is 24.3 Å². The first-order valence-electron chi connectivity index (χ1n) is 13.3. The maximum Gasteiger partial charge on any atom is 0.304 e. The first kappa shape index (κ1) is 24.9. The van der Waals surface area contributed by atoms with Crippen LogP contribution < -0.4 is 4.74 Å². The van der Waals surface area contributed by atoms with Crippen molar-refractivity contribution in [3.8, 4) is 5.75 Å². The molecule has 1 atom stereocenters. The minimum absolute atomic E-state index is 0.0228. The number of benzene rings is 3. The Bertz CT molecular complexity index is 1610. The monoisotopic (exact) mass is 522 g/mol. The van der Waals surface area contributed by atoms with E-state index < -0.39 is 5.97 Å². The highest BCUT2D eigenvalue weighted by Gasteiger charge is 2.26. The Balaban J connectivity index is 1.43. The summed E-state index contributed by atoms with van der Waals surface area (Å²) in [7, 11) is 0. The summed E-state index contributed by atoms with van der Waals surface area (Å²) >= 11 is 0. The number of allylic oxidation sites excluding steroid dienone is 1. The molecule has 39 heavy (non-hydrogen) atoms. The molecule has 3 aliphatic rings. The predicted octanol–water partition coefficient (Wildman–Crippen LogP) is 4.88. The zero-order valence-electron chi connectivity index (χ0n) is 21.8. The maximum atomic E-state index is 13.6. The van der Waals surface area contributed by atoms with Crippen molar-refractivity contribution < 1.29 is 19.4 Å². The average Bonchev–Trinajstić information content (AvgIpc) is 3.35. The van der Waals surface area contributed by atoms with Gasteiger partial charge in [0.25, 0.3) is 5.91 Å². The summed E-state index contributed by atoms with van der Waals surface area (Å²) in [5, 5.41) is 18.5. The molecule has 3 aliphatic heterocycles. The smallest absolute Gasteiger partial charge is 0.304 e. The Morgan fingerprint density at radius 1 is 1.05 bits per heavy atom. The normalized spacial score (nSPS) is 18.2. The van der Waals surface area contributed by atoms with Crippen LogP contribution in [0.3, 0.4) is 0 Å². The summed E-state index contributed by atoms with van der Waals surface area (Å²) in [5.41, 5.74) is 7.16. The van der Waals surface area contributed by atoms with Crippen LogP contribution in [0.2, 0.25) is 0 Å². The van der Waals surface area contributed by atoms with Crippen LogP contribution in [0.5, 0.6) is 5.75 Å². The van der Waals surface area contributed by atoms with Gasteiger partial charge in [-0.2, -0.15) is 0 Å². The SMILES string of the molecule is Cc1c2cccc1C(=O)N1CCc3ccc(cc3C1)C(CC(=O)O)c1ccc3c(c1)nnn3CC/C=C/CO2. The van der Waals surface area contributed by atoms with E-state index in [2.05, 4.69) is 28.5 Å². The van der Waals surface area contributed by atoms with Gasteiger partial charge in [0.1, 0.15) is 17.9 Å². The fraction of sp³-hybridized carbons (Fsp3) is 0.290. The molecule has 4 aromatic rings. The Morgan fingerprint density at radius 3 is 2.77 bits per heavy atom. The Hall–Kier alpha value is -4.46. The minimum atomic E-state index is -0.867. The Morgan fingerprint density at radius 2 is 1.90 bits per heavy atom. The second kappa shape index (κ2) is 10.4. The van der Waals surface area contributed by atoms with Crippen LogP contribution in [0.25, 0.3) is 11.0 Å². The Labute approximate surface area is 226 Å². The zero-order chi connectivity index (χ0) is 26.9. The molecule has 1 N–H and O–H groups in total. The second-order valence-electron chi connectivity index (χ2n) is 10.2. The van der Waals surface area contributed by atoms with Crippen molar-refractivity contribution in [3.05, 3.63) is 100 Å². The molecule has 8 nitrogen and oxygen atoms in total. The number of ether oxygens (including phenoxy) is 1. The number of hydrogen-bond acceptors (Lipinski definition) is 5. The number of aryl methyl sites for hydroxylation is 1. The largest absolute Gasteiger partial charge is 0.489 e. The zero-order valence-corrected chi connectivity index (χ0v) is 21.8. The lowest BCUT2D eigenvalue weighted by atomic mass is 9.85. The molecule has 0 spiro atoms. The van der Waals surface area contributed by atoms with Crippen LogP contribution in [0.15, 0.2) is 66.7 Å². The van der Waals surface area contributed by atoms with E-state index in [0.29, 0.717) is 37.6 Å². The van der Waals surface area contributed by atoms with E-state index in [1.807, 2.05) is 65.0 Å². The van der Waals surface area contributed by atoms with Crippen molar-refractivity contribution in [2.45, 2.75) is 45.2 Å².